The molecule has 0 fully saturated rings. The van der Waals surface area contributed by atoms with Gasteiger partial charge in [-0.2, -0.15) is 0 Å². The molecule has 0 spiro atoms. The number of hydrogen-bond donors (Lipinski definition) is 0. The van der Waals surface area contributed by atoms with E-state index in [1.165, 1.54) is 0 Å². The van der Waals surface area contributed by atoms with Gasteiger partial charge in [0.2, 0.25) is 0 Å². The molecule has 0 aliphatic rings. The minimum Gasteiger partial charge on any atom is -0.550 e. The van der Waals surface area contributed by atoms with Gasteiger partial charge in [-0.1, -0.05) is 12.1 Å². The maximum absolute atomic E-state index is 11.4. The Morgan fingerprint density at radius 3 is 1.42 bits per heavy atom. The normalized spacial score (nSPS) is 11.2. The van der Waals surface area contributed by atoms with Gasteiger partial charge < -0.3 is 19.8 Å². The SMILES string of the molecule is O=C([O-])Cc1cc(-c2cccs2)sc1-c1ccc(-c2sc(-c3cccs3)cc2CC(=O)[O-])s1. The summed E-state index contributed by atoms with van der Waals surface area (Å²) in [6, 6.07) is 15.8. The zero-order chi connectivity index (χ0) is 22.9. The summed E-state index contributed by atoms with van der Waals surface area (Å²) in [6.45, 7) is 0. The fourth-order valence-electron chi connectivity index (χ4n) is 3.51. The van der Waals surface area contributed by atoms with Crippen molar-refractivity contribution >= 4 is 68.6 Å². The summed E-state index contributed by atoms with van der Waals surface area (Å²) in [5, 5.41) is 26.8. The van der Waals surface area contributed by atoms with E-state index >= 15 is 0 Å². The average Bonchev–Trinajstić information content (AvgIpc) is 3.57. The predicted molar refractivity (Wildman–Crippen MR) is 135 cm³/mol. The molecule has 5 rings (SSSR count). The third kappa shape index (κ3) is 4.73. The van der Waals surface area contributed by atoms with Crippen LogP contribution >= 0.6 is 56.7 Å². The highest BCUT2D eigenvalue weighted by Crippen LogP contribution is 2.47. The molecule has 4 nitrogen and oxygen atoms in total. The smallest absolute Gasteiger partial charge is 0.0485 e. The standard InChI is InChI=1S/C24H16O4S5/c25-21(26)11-13-9-19(15-3-1-7-29-15)32-23(13)17-5-6-18(31-17)24-14(12-22(27)28)10-20(33-24)16-4-2-8-30-16/h1-10H,11-12H2,(H,25,26)(H,27,28)/p-2. The van der Waals surface area contributed by atoms with Gasteiger partial charge in [-0.05, 0) is 58.3 Å². The van der Waals surface area contributed by atoms with Crippen LogP contribution in [0.15, 0.2) is 59.3 Å². The molecule has 0 atom stereocenters. The lowest BCUT2D eigenvalue weighted by molar-refractivity contribution is -0.306. The van der Waals surface area contributed by atoms with E-state index < -0.39 is 11.9 Å². The Labute approximate surface area is 209 Å². The number of aliphatic carboxylic acids is 2. The zero-order valence-corrected chi connectivity index (χ0v) is 20.9. The van der Waals surface area contributed by atoms with Crippen molar-refractivity contribution in [3.05, 3.63) is 70.4 Å². The maximum atomic E-state index is 11.4. The highest BCUT2D eigenvalue weighted by Gasteiger charge is 2.19. The maximum Gasteiger partial charge on any atom is 0.0485 e. The van der Waals surface area contributed by atoms with Crippen molar-refractivity contribution in [2.75, 3.05) is 0 Å². The van der Waals surface area contributed by atoms with Crippen LogP contribution in [0.5, 0.6) is 0 Å². The van der Waals surface area contributed by atoms with Gasteiger partial charge in [-0.25, -0.2) is 0 Å². The molecule has 0 aliphatic heterocycles. The lowest BCUT2D eigenvalue weighted by Crippen LogP contribution is -2.24. The second kappa shape index (κ2) is 9.36. The number of carbonyl (C=O) groups is 2. The first kappa shape index (κ1) is 22.2. The van der Waals surface area contributed by atoms with E-state index in [0.29, 0.717) is 0 Å². The topological polar surface area (TPSA) is 80.3 Å². The quantitative estimate of drug-likeness (QED) is 0.277. The predicted octanol–water partition coefficient (Wildman–Crippen LogP) is 5.25. The summed E-state index contributed by atoms with van der Waals surface area (Å²) in [5.41, 5.74) is 1.47. The number of carboxylic acids is 2. The second-order valence-corrected chi connectivity index (χ2v) is 12.2. The van der Waals surface area contributed by atoms with Crippen LogP contribution in [0.1, 0.15) is 11.1 Å². The van der Waals surface area contributed by atoms with Crippen molar-refractivity contribution in [3.63, 3.8) is 0 Å². The van der Waals surface area contributed by atoms with Crippen LogP contribution in [-0.4, -0.2) is 11.9 Å². The van der Waals surface area contributed by atoms with E-state index in [1.807, 2.05) is 59.3 Å². The van der Waals surface area contributed by atoms with Crippen LogP contribution in [0.25, 0.3) is 39.0 Å². The summed E-state index contributed by atoms with van der Waals surface area (Å²) in [4.78, 5) is 30.7. The molecule has 0 aliphatic carbocycles. The van der Waals surface area contributed by atoms with E-state index in [-0.39, 0.29) is 12.8 Å². The lowest BCUT2D eigenvalue weighted by atomic mass is 10.1. The number of thiophene rings is 5. The molecule has 0 bridgehead atoms. The van der Waals surface area contributed by atoms with Crippen molar-refractivity contribution < 1.29 is 19.8 Å². The summed E-state index contributed by atoms with van der Waals surface area (Å²) in [5.74, 6) is -2.22. The second-order valence-electron chi connectivity index (χ2n) is 7.15. The van der Waals surface area contributed by atoms with Gasteiger partial charge in [0.05, 0.1) is 0 Å². The fraction of sp³-hybridized carbons (Fsp3) is 0.0833. The third-order valence-corrected chi connectivity index (χ3v) is 10.8. The minimum atomic E-state index is -1.11. The average molecular weight is 527 g/mol. The molecule has 0 radical (unpaired) electrons. The van der Waals surface area contributed by atoms with E-state index in [9.17, 15) is 19.8 Å². The molecule has 33 heavy (non-hydrogen) atoms. The van der Waals surface area contributed by atoms with Crippen molar-refractivity contribution in [3.8, 4) is 39.0 Å². The largest absolute Gasteiger partial charge is 0.550 e. The fourth-order valence-corrected chi connectivity index (χ4v) is 8.82. The van der Waals surface area contributed by atoms with Crippen LogP contribution in [0, 0.1) is 0 Å². The van der Waals surface area contributed by atoms with Crippen molar-refractivity contribution in [2.45, 2.75) is 12.8 Å². The summed E-state index contributed by atoms with van der Waals surface area (Å²) in [6.07, 6.45) is -0.302. The van der Waals surface area contributed by atoms with Crippen molar-refractivity contribution in [2.24, 2.45) is 0 Å². The molecule has 0 amide bonds. The highest BCUT2D eigenvalue weighted by molar-refractivity contribution is 7.29. The van der Waals surface area contributed by atoms with E-state index in [1.54, 1.807) is 56.7 Å². The molecule has 0 N–H and O–H groups in total. The molecule has 0 saturated carbocycles. The van der Waals surface area contributed by atoms with Gasteiger partial charge in [0, 0.05) is 63.8 Å². The van der Waals surface area contributed by atoms with Gasteiger partial charge >= 0.3 is 0 Å². The van der Waals surface area contributed by atoms with Crippen molar-refractivity contribution in [1.29, 1.82) is 0 Å². The van der Waals surface area contributed by atoms with Crippen LogP contribution in [0.3, 0.4) is 0 Å². The number of hydrogen-bond acceptors (Lipinski definition) is 9. The molecule has 5 aromatic rings. The Morgan fingerprint density at radius 1 is 0.606 bits per heavy atom. The van der Waals surface area contributed by atoms with Gasteiger partial charge in [-0.3, -0.25) is 0 Å². The molecule has 0 saturated heterocycles. The molecule has 9 heteroatoms. The summed E-state index contributed by atoms with van der Waals surface area (Å²) in [7, 11) is 0. The Kier molecular flexibility index (Phi) is 6.31. The van der Waals surface area contributed by atoms with E-state index in [2.05, 4.69) is 0 Å². The Morgan fingerprint density at radius 2 is 1.06 bits per heavy atom. The van der Waals surface area contributed by atoms with Gasteiger partial charge in [0.1, 0.15) is 0 Å². The van der Waals surface area contributed by atoms with Gasteiger partial charge in [0.15, 0.2) is 0 Å². The summed E-state index contributed by atoms with van der Waals surface area (Å²) < 4.78 is 0. The van der Waals surface area contributed by atoms with Crippen LogP contribution in [0.4, 0.5) is 0 Å². The molecule has 166 valence electrons. The van der Waals surface area contributed by atoms with E-state index in [0.717, 1.165) is 50.1 Å². The number of carboxylic acid groups (broad SMARTS) is 2. The third-order valence-electron chi connectivity index (χ3n) is 4.87. The van der Waals surface area contributed by atoms with Crippen LogP contribution in [-0.2, 0) is 22.4 Å². The summed E-state index contributed by atoms with van der Waals surface area (Å²) >= 11 is 7.91. The first-order chi connectivity index (χ1) is 16.0. The molecule has 5 aromatic heterocycles. The number of carbonyl (C=O) groups excluding carboxylic acids is 2. The first-order valence-corrected chi connectivity index (χ1v) is 14.0. The Bertz CT molecular complexity index is 1310. The highest BCUT2D eigenvalue weighted by atomic mass is 32.1. The lowest BCUT2D eigenvalue weighted by Gasteiger charge is -2.03. The molecular formula is C24H14O4S5-2. The van der Waals surface area contributed by atoms with Crippen LogP contribution in [0.2, 0.25) is 0 Å². The Hall–Kier alpha value is -2.56. The monoisotopic (exact) mass is 526 g/mol. The van der Waals surface area contributed by atoms with E-state index in [4.69, 9.17) is 0 Å². The minimum absolute atomic E-state index is 0.151. The van der Waals surface area contributed by atoms with Crippen molar-refractivity contribution in [1.82, 2.24) is 0 Å². The number of rotatable bonds is 8. The first-order valence-electron chi connectivity index (χ1n) is 9.81. The molecular weight excluding hydrogens is 513 g/mol. The molecule has 5 heterocycles. The Balaban J connectivity index is 1.56. The molecule has 0 aromatic carbocycles. The van der Waals surface area contributed by atoms with Gasteiger partial charge in [-0.15, -0.1) is 56.7 Å². The van der Waals surface area contributed by atoms with Crippen LogP contribution < -0.4 is 10.2 Å². The molecule has 0 unspecified atom stereocenters. The van der Waals surface area contributed by atoms with Gasteiger partial charge in [0.25, 0.3) is 0 Å². The zero-order valence-electron chi connectivity index (χ0n) is 16.9.